The van der Waals surface area contributed by atoms with Crippen molar-refractivity contribution in [3.05, 3.63) is 45.4 Å². The highest BCUT2D eigenvalue weighted by Gasteiger charge is 2.06. The molecule has 14 heavy (non-hydrogen) atoms. The van der Waals surface area contributed by atoms with Gasteiger partial charge in [0.2, 0.25) is 0 Å². The van der Waals surface area contributed by atoms with Crippen molar-refractivity contribution in [2.45, 2.75) is 6.92 Å². The van der Waals surface area contributed by atoms with Crippen LogP contribution in [0.2, 0.25) is 5.02 Å². The van der Waals surface area contributed by atoms with Gasteiger partial charge in [-0.1, -0.05) is 11.6 Å². The van der Waals surface area contributed by atoms with E-state index in [0.717, 1.165) is 5.56 Å². The molecule has 0 unspecified atom stereocenters. The standard InChI is InChI=1S/C11H8ClFS/c1-7-4-8(6-14-7)10-3-2-9(12)5-11(10)13/h2-6H,1H3. The van der Waals surface area contributed by atoms with Crippen molar-refractivity contribution >= 4 is 22.9 Å². The molecule has 0 spiro atoms. The summed E-state index contributed by atoms with van der Waals surface area (Å²) in [6.07, 6.45) is 0. The summed E-state index contributed by atoms with van der Waals surface area (Å²) in [6, 6.07) is 6.72. The van der Waals surface area contributed by atoms with E-state index < -0.39 is 0 Å². The zero-order valence-electron chi connectivity index (χ0n) is 7.55. The fraction of sp³-hybridized carbons (Fsp3) is 0.0909. The van der Waals surface area contributed by atoms with Gasteiger partial charge in [-0.3, -0.25) is 0 Å². The summed E-state index contributed by atoms with van der Waals surface area (Å²) in [5, 5.41) is 2.37. The molecule has 0 saturated carbocycles. The fourth-order valence-electron chi connectivity index (χ4n) is 1.31. The van der Waals surface area contributed by atoms with Crippen LogP contribution in [-0.4, -0.2) is 0 Å². The molecule has 0 amide bonds. The Morgan fingerprint density at radius 3 is 2.64 bits per heavy atom. The third-order valence-electron chi connectivity index (χ3n) is 1.97. The van der Waals surface area contributed by atoms with Gasteiger partial charge in [0.15, 0.2) is 0 Å². The lowest BCUT2D eigenvalue weighted by Crippen LogP contribution is -1.81. The lowest BCUT2D eigenvalue weighted by atomic mass is 10.1. The minimum atomic E-state index is -0.268. The van der Waals surface area contributed by atoms with E-state index >= 15 is 0 Å². The molecule has 0 saturated heterocycles. The Morgan fingerprint density at radius 1 is 1.29 bits per heavy atom. The topological polar surface area (TPSA) is 0 Å². The Morgan fingerprint density at radius 2 is 2.07 bits per heavy atom. The van der Waals surface area contributed by atoms with Crippen LogP contribution in [0.1, 0.15) is 4.88 Å². The molecule has 0 radical (unpaired) electrons. The van der Waals surface area contributed by atoms with Crippen molar-refractivity contribution in [2.75, 3.05) is 0 Å². The molecule has 2 aromatic rings. The smallest absolute Gasteiger partial charge is 0.132 e. The largest absolute Gasteiger partial charge is 0.206 e. The predicted octanol–water partition coefficient (Wildman–Crippen LogP) is 4.52. The van der Waals surface area contributed by atoms with Gasteiger partial charge in [-0.25, -0.2) is 4.39 Å². The van der Waals surface area contributed by atoms with Crippen molar-refractivity contribution in [1.82, 2.24) is 0 Å². The summed E-state index contributed by atoms with van der Waals surface area (Å²) in [6.45, 7) is 2.00. The molecule has 3 heteroatoms. The second-order valence-electron chi connectivity index (χ2n) is 3.07. The summed E-state index contributed by atoms with van der Waals surface area (Å²) < 4.78 is 13.5. The summed E-state index contributed by atoms with van der Waals surface area (Å²) in [7, 11) is 0. The number of thiophene rings is 1. The average Bonchev–Trinajstić information content (AvgIpc) is 2.51. The highest BCUT2D eigenvalue weighted by molar-refractivity contribution is 7.10. The minimum Gasteiger partial charge on any atom is -0.206 e. The lowest BCUT2D eigenvalue weighted by Gasteiger charge is -1.99. The van der Waals surface area contributed by atoms with E-state index in [4.69, 9.17) is 11.6 Å². The van der Waals surface area contributed by atoms with Gasteiger partial charge in [0, 0.05) is 15.5 Å². The number of hydrogen-bond donors (Lipinski definition) is 0. The molecule has 72 valence electrons. The van der Waals surface area contributed by atoms with E-state index in [1.165, 1.54) is 10.9 Å². The normalized spacial score (nSPS) is 10.5. The van der Waals surface area contributed by atoms with Gasteiger partial charge in [-0.05, 0) is 42.1 Å². The Bertz CT molecular complexity index is 462. The van der Waals surface area contributed by atoms with Crippen LogP contribution in [0.15, 0.2) is 29.6 Å². The van der Waals surface area contributed by atoms with Crippen LogP contribution in [0.5, 0.6) is 0 Å². The number of halogens is 2. The van der Waals surface area contributed by atoms with E-state index in [9.17, 15) is 4.39 Å². The Balaban J connectivity index is 2.52. The molecule has 0 fully saturated rings. The molecular formula is C11H8ClFS. The summed E-state index contributed by atoms with van der Waals surface area (Å²) in [5.74, 6) is -0.268. The lowest BCUT2D eigenvalue weighted by molar-refractivity contribution is 0.631. The van der Waals surface area contributed by atoms with E-state index in [0.29, 0.717) is 10.6 Å². The van der Waals surface area contributed by atoms with Crippen molar-refractivity contribution in [1.29, 1.82) is 0 Å². The van der Waals surface area contributed by atoms with Gasteiger partial charge in [0.25, 0.3) is 0 Å². The molecule has 0 atom stereocenters. The van der Waals surface area contributed by atoms with Crippen LogP contribution in [0.4, 0.5) is 4.39 Å². The molecule has 0 bridgehead atoms. The number of benzene rings is 1. The second kappa shape index (κ2) is 3.71. The maximum absolute atomic E-state index is 13.5. The van der Waals surface area contributed by atoms with Gasteiger partial charge in [0.05, 0.1) is 0 Å². The summed E-state index contributed by atoms with van der Waals surface area (Å²) in [4.78, 5) is 1.18. The molecule has 2 rings (SSSR count). The molecule has 0 aliphatic heterocycles. The van der Waals surface area contributed by atoms with E-state index in [2.05, 4.69) is 0 Å². The van der Waals surface area contributed by atoms with Crippen LogP contribution < -0.4 is 0 Å². The van der Waals surface area contributed by atoms with E-state index in [1.807, 2.05) is 18.4 Å². The fourth-order valence-corrected chi connectivity index (χ4v) is 2.17. The average molecular weight is 227 g/mol. The zero-order valence-corrected chi connectivity index (χ0v) is 9.12. The Labute approximate surface area is 91.0 Å². The predicted molar refractivity (Wildman–Crippen MR) is 59.5 cm³/mol. The van der Waals surface area contributed by atoms with Crippen molar-refractivity contribution in [3.63, 3.8) is 0 Å². The molecule has 1 heterocycles. The summed E-state index contributed by atoms with van der Waals surface area (Å²) in [5.41, 5.74) is 1.53. The molecule has 0 aliphatic carbocycles. The molecular weight excluding hydrogens is 219 g/mol. The highest BCUT2D eigenvalue weighted by atomic mass is 35.5. The van der Waals surface area contributed by atoms with Crippen LogP contribution in [0, 0.1) is 12.7 Å². The van der Waals surface area contributed by atoms with Crippen LogP contribution in [0.25, 0.3) is 11.1 Å². The number of hydrogen-bond acceptors (Lipinski definition) is 1. The molecule has 1 aromatic carbocycles. The van der Waals surface area contributed by atoms with Crippen molar-refractivity contribution in [2.24, 2.45) is 0 Å². The Kier molecular flexibility index (Phi) is 2.57. The van der Waals surface area contributed by atoms with Crippen molar-refractivity contribution < 1.29 is 4.39 Å². The third-order valence-corrected chi connectivity index (χ3v) is 3.07. The SMILES string of the molecule is Cc1cc(-c2ccc(Cl)cc2F)cs1. The quantitative estimate of drug-likeness (QED) is 0.671. The van der Waals surface area contributed by atoms with Crippen molar-refractivity contribution in [3.8, 4) is 11.1 Å². The third kappa shape index (κ3) is 1.81. The number of aryl methyl sites for hydroxylation is 1. The maximum Gasteiger partial charge on any atom is 0.132 e. The monoisotopic (exact) mass is 226 g/mol. The Hall–Kier alpha value is -0.860. The maximum atomic E-state index is 13.5. The first-order chi connectivity index (χ1) is 6.66. The van der Waals surface area contributed by atoms with Gasteiger partial charge < -0.3 is 0 Å². The number of rotatable bonds is 1. The molecule has 1 aromatic heterocycles. The molecule has 0 nitrogen and oxygen atoms in total. The van der Waals surface area contributed by atoms with Gasteiger partial charge in [0.1, 0.15) is 5.82 Å². The van der Waals surface area contributed by atoms with Gasteiger partial charge in [-0.15, -0.1) is 11.3 Å². The van der Waals surface area contributed by atoms with Crippen LogP contribution >= 0.6 is 22.9 Å². The minimum absolute atomic E-state index is 0.268. The zero-order chi connectivity index (χ0) is 10.1. The first-order valence-corrected chi connectivity index (χ1v) is 5.43. The first kappa shape index (κ1) is 9.69. The van der Waals surface area contributed by atoms with E-state index in [1.54, 1.807) is 23.5 Å². The first-order valence-electron chi connectivity index (χ1n) is 4.17. The van der Waals surface area contributed by atoms with E-state index in [-0.39, 0.29) is 5.82 Å². The molecule has 0 N–H and O–H groups in total. The molecule has 0 aliphatic rings. The highest BCUT2D eigenvalue weighted by Crippen LogP contribution is 2.28. The van der Waals surface area contributed by atoms with Crippen LogP contribution in [0.3, 0.4) is 0 Å². The second-order valence-corrected chi connectivity index (χ2v) is 4.62. The van der Waals surface area contributed by atoms with Crippen LogP contribution in [-0.2, 0) is 0 Å². The summed E-state index contributed by atoms with van der Waals surface area (Å²) >= 11 is 7.28. The van der Waals surface area contributed by atoms with Gasteiger partial charge in [-0.2, -0.15) is 0 Å². The van der Waals surface area contributed by atoms with Gasteiger partial charge >= 0.3 is 0 Å².